The van der Waals surface area contributed by atoms with Crippen molar-refractivity contribution in [1.82, 2.24) is 4.90 Å². The van der Waals surface area contributed by atoms with E-state index in [-0.39, 0.29) is 17.8 Å². The van der Waals surface area contributed by atoms with Crippen LogP contribution >= 0.6 is 0 Å². The van der Waals surface area contributed by atoms with Gasteiger partial charge in [0.15, 0.2) is 5.84 Å². The first-order valence-corrected chi connectivity index (χ1v) is 5.79. The Hall–Kier alpha value is -1.26. The van der Waals surface area contributed by atoms with Gasteiger partial charge in [0.1, 0.15) is 0 Å². The molecule has 3 N–H and O–H groups in total. The molecule has 1 rings (SSSR count). The predicted octanol–water partition coefficient (Wildman–Crippen LogP) is 1.02. The lowest BCUT2D eigenvalue weighted by Crippen LogP contribution is -2.43. The number of likely N-dealkylation sites (tertiary alicyclic amines) is 1. The maximum Gasteiger partial charge on any atom is 0.233 e. The molecule has 1 fully saturated rings. The zero-order valence-electron chi connectivity index (χ0n) is 10.2. The van der Waals surface area contributed by atoms with Gasteiger partial charge in [-0.15, -0.1) is 0 Å². The molecular weight excluding hydrogens is 206 g/mol. The Morgan fingerprint density at radius 1 is 1.62 bits per heavy atom. The van der Waals surface area contributed by atoms with Crippen molar-refractivity contribution in [2.24, 2.45) is 22.7 Å². The van der Waals surface area contributed by atoms with Gasteiger partial charge in [0.25, 0.3) is 0 Å². The van der Waals surface area contributed by atoms with Crippen LogP contribution in [0.3, 0.4) is 0 Å². The molecule has 1 heterocycles. The number of amides is 1. The standard InChI is InChI=1S/C11H21N3O2/c1-4-9(10(12)13-16)11(15)14-6-7(2)5-8(14)3/h7-9,16H,4-6H2,1-3H3,(H2,12,13). The van der Waals surface area contributed by atoms with E-state index in [1.165, 1.54) is 0 Å². The van der Waals surface area contributed by atoms with Gasteiger partial charge in [-0.05, 0) is 25.7 Å². The molecule has 3 unspecified atom stereocenters. The van der Waals surface area contributed by atoms with E-state index in [0.717, 1.165) is 13.0 Å². The molecule has 0 bridgehead atoms. The van der Waals surface area contributed by atoms with Crippen LogP contribution in [0, 0.1) is 11.8 Å². The Morgan fingerprint density at radius 2 is 2.25 bits per heavy atom. The molecule has 1 saturated heterocycles. The summed E-state index contributed by atoms with van der Waals surface area (Å²) in [6, 6.07) is 0.253. The van der Waals surface area contributed by atoms with Crippen molar-refractivity contribution < 1.29 is 10.0 Å². The Bertz CT molecular complexity index is 291. The summed E-state index contributed by atoms with van der Waals surface area (Å²) in [6.45, 7) is 6.81. The van der Waals surface area contributed by atoms with E-state index in [2.05, 4.69) is 12.1 Å². The number of amidine groups is 1. The van der Waals surface area contributed by atoms with Gasteiger partial charge in [-0.3, -0.25) is 4.79 Å². The van der Waals surface area contributed by atoms with Gasteiger partial charge in [0.2, 0.25) is 5.91 Å². The first-order valence-electron chi connectivity index (χ1n) is 5.79. The van der Waals surface area contributed by atoms with Crippen molar-refractivity contribution in [2.75, 3.05) is 6.54 Å². The minimum absolute atomic E-state index is 0.0132. The largest absolute Gasteiger partial charge is 0.409 e. The fourth-order valence-corrected chi connectivity index (χ4v) is 2.39. The number of hydrogen-bond acceptors (Lipinski definition) is 3. The van der Waals surface area contributed by atoms with E-state index in [9.17, 15) is 4.79 Å². The molecular formula is C11H21N3O2. The van der Waals surface area contributed by atoms with Crippen LogP contribution in [-0.4, -0.2) is 34.4 Å². The lowest BCUT2D eigenvalue weighted by Gasteiger charge is -2.25. The molecule has 1 aliphatic heterocycles. The second-order valence-corrected chi connectivity index (χ2v) is 4.67. The Morgan fingerprint density at radius 3 is 2.62 bits per heavy atom. The second-order valence-electron chi connectivity index (χ2n) is 4.67. The number of carbonyl (C=O) groups excluding carboxylic acids is 1. The van der Waals surface area contributed by atoms with Crippen molar-refractivity contribution in [3.8, 4) is 0 Å². The van der Waals surface area contributed by atoms with E-state index < -0.39 is 5.92 Å². The van der Waals surface area contributed by atoms with E-state index in [1.54, 1.807) is 0 Å². The number of carbonyl (C=O) groups is 1. The maximum atomic E-state index is 12.2. The van der Waals surface area contributed by atoms with Crippen molar-refractivity contribution in [2.45, 2.75) is 39.7 Å². The van der Waals surface area contributed by atoms with Gasteiger partial charge in [-0.2, -0.15) is 0 Å². The lowest BCUT2D eigenvalue weighted by atomic mass is 10.0. The molecule has 0 spiro atoms. The highest BCUT2D eigenvalue weighted by Gasteiger charge is 2.34. The van der Waals surface area contributed by atoms with Crippen molar-refractivity contribution in [1.29, 1.82) is 0 Å². The minimum atomic E-state index is -0.488. The van der Waals surface area contributed by atoms with E-state index in [1.807, 2.05) is 18.7 Å². The van der Waals surface area contributed by atoms with Crippen LogP contribution in [0.5, 0.6) is 0 Å². The highest BCUT2D eigenvalue weighted by Crippen LogP contribution is 2.24. The summed E-state index contributed by atoms with van der Waals surface area (Å²) in [6.07, 6.45) is 1.59. The molecule has 1 amide bonds. The van der Waals surface area contributed by atoms with E-state index >= 15 is 0 Å². The molecule has 16 heavy (non-hydrogen) atoms. The van der Waals surface area contributed by atoms with Crippen LogP contribution in [0.15, 0.2) is 5.16 Å². The number of hydrogen-bond donors (Lipinski definition) is 2. The molecule has 5 heteroatoms. The zero-order valence-corrected chi connectivity index (χ0v) is 10.2. The quantitative estimate of drug-likeness (QED) is 0.327. The third kappa shape index (κ3) is 2.46. The third-order valence-corrected chi connectivity index (χ3v) is 3.25. The molecule has 0 aromatic heterocycles. The summed E-state index contributed by atoms with van der Waals surface area (Å²) in [4.78, 5) is 14.0. The lowest BCUT2D eigenvalue weighted by molar-refractivity contribution is -0.134. The van der Waals surface area contributed by atoms with Gasteiger partial charge in [0.05, 0.1) is 5.92 Å². The van der Waals surface area contributed by atoms with Crippen LogP contribution in [0.1, 0.15) is 33.6 Å². The number of oxime groups is 1. The van der Waals surface area contributed by atoms with Crippen LogP contribution in [0.4, 0.5) is 0 Å². The third-order valence-electron chi connectivity index (χ3n) is 3.25. The van der Waals surface area contributed by atoms with Gasteiger partial charge in [-0.25, -0.2) is 0 Å². The summed E-state index contributed by atoms with van der Waals surface area (Å²) in [5.74, 6) is 0.0374. The minimum Gasteiger partial charge on any atom is -0.409 e. The van der Waals surface area contributed by atoms with Crippen molar-refractivity contribution in [3.63, 3.8) is 0 Å². The summed E-state index contributed by atoms with van der Waals surface area (Å²) in [5, 5.41) is 11.6. The monoisotopic (exact) mass is 227 g/mol. The van der Waals surface area contributed by atoms with Gasteiger partial charge in [0, 0.05) is 12.6 Å². The molecule has 0 aliphatic carbocycles. The molecule has 0 radical (unpaired) electrons. The highest BCUT2D eigenvalue weighted by atomic mass is 16.4. The first-order chi connectivity index (χ1) is 7.51. The van der Waals surface area contributed by atoms with Crippen molar-refractivity contribution >= 4 is 11.7 Å². The van der Waals surface area contributed by atoms with Gasteiger partial charge in [-0.1, -0.05) is 19.0 Å². The summed E-state index contributed by atoms with van der Waals surface area (Å²) < 4.78 is 0. The van der Waals surface area contributed by atoms with Crippen LogP contribution in [0.2, 0.25) is 0 Å². The van der Waals surface area contributed by atoms with Crippen LogP contribution in [-0.2, 0) is 4.79 Å². The van der Waals surface area contributed by atoms with Gasteiger partial charge < -0.3 is 15.8 Å². The first kappa shape index (κ1) is 12.8. The molecule has 5 nitrogen and oxygen atoms in total. The topological polar surface area (TPSA) is 78.9 Å². The molecule has 0 aromatic carbocycles. The number of nitrogens with zero attached hydrogens (tertiary/aromatic N) is 2. The normalized spacial score (nSPS) is 28.2. The van der Waals surface area contributed by atoms with Gasteiger partial charge >= 0.3 is 0 Å². The Labute approximate surface area is 96.3 Å². The SMILES string of the molecule is CCC(C(=O)N1CC(C)CC1C)C(N)=NO. The number of rotatable bonds is 3. The van der Waals surface area contributed by atoms with E-state index in [0.29, 0.717) is 12.3 Å². The summed E-state index contributed by atoms with van der Waals surface area (Å²) >= 11 is 0. The summed E-state index contributed by atoms with van der Waals surface area (Å²) in [5.41, 5.74) is 5.53. The van der Waals surface area contributed by atoms with Crippen LogP contribution in [0.25, 0.3) is 0 Å². The highest BCUT2D eigenvalue weighted by molar-refractivity contribution is 6.02. The fraction of sp³-hybridized carbons (Fsp3) is 0.818. The van der Waals surface area contributed by atoms with Crippen LogP contribution < -0.4 is 5.73 Å². The Balaban J connectivity index is 2.76. The molecule has 0 aromatic rings. The van der Waals surface area contributed by atoms with Crippen molar-refractivity contribution in [3.05, 3.63) is 0 Å². The second kappa shape index (κ2) is 5.18. The average Bonchev–Trinajstić information content (AvgIpc) is 2.58. The zero-order chi connectivity index (χ0) is 12.3. The van der Waals surface area contributed by atoms with E-state index in [4.69, 9.17) is 10.9 Å². The number of nitrogens with two attached hydrogens (primary N) is 1. The molecule has 92 valence electrons. The fourth-order valence-electron chi connectivity index (χ4n) is 2.39. The Kier molecular flexibility index (Phi) is 4.15. The maximum absolute atomic E-state index is 12.2. The molecule has 3 atom stereocenters. The summed E-state index contributed by atoms with van der Waals surface area (Å²) in [7, 11) is 0. The predicted molar refractivity (Wildman–Crippen MR) is 62.1 cm³/mol. The molecule has 1 aliphatic rings. The average molecular weight is 227 g/mol. The molecule has 0 saturated carbocycles. The smallest absolute Gasteiger partial charge is 0.233 e.